The van der Waals surface area contributed by atoms with E-state index in [4.69, 9.17) is 0 Å². The fourth-order valence-electron chi connectivity index (χ4n) is 2.14. The van der Waals surface area contributed by atoms with Crippen LogP contribution in [0, 0.1) is 6.92 Å². The molecular weight excluding hydrogens is 248 g/mol. The number of carbonyl (C=O) groups is 1. The van der Waals surface area contributed by atoms with Crippen LogP contribution in [0.5, 0.6) is 0 Å². The van der Waals surface area contributed by atoms with Gasteiger partial charge in [0.2, 0.25) is 5.91 Å². The molecule has 20 heavy (non-hydrogen) atoms. The Morgan fingerprint density at radius 1 is 1.15 bits per heavy atom. The first-order valence-corrected chi connectivity index (χ1v) is 7.65. The monoisotopic (exact) mass is 276 g/mol. The highest BCUT2D eigenvalue weighted by molar-refractivity contribution is 5.81. The van der Waals surface area contributed by atoms with Crippen molar-refractivity contribution in [2.45, 2.75) is 59.0 Å². The van der Waals surface area contributed by atoms with E-state index in [0.717, 1.165) is 13.0 Å². The summed E-state index contributed by atoms with van der Waals surface area (Å²) in [4.78, 5) is 12.0. The van der Waals surface area contributed by atoms with Crippen molar-refractivity contribution in [3.8, 4) is 0 Å². The molecule has 1 aromatic carbocycles. The molecule has 3 nitrogen and oxygen atoms in total. The van der Waals surface area contributed by atoms with Crippen LogP contribution in [0.1, 0.15) is 57.2 Å². The Morgan fingerprint density at radius 2 is 1.80 bits per heavy atom. The third-order valence-electron chi connectivity index (χ3n) is 3.55. The number of rotatable bonds is 8. The summed E-state index contributed by atoms with van der Waals surface area (Å²) >= 11 is 0. The van der Waals surface area contributed by atoms with Crippen LogP contribution in [-0.4, -0.2) is 18.5 Å². The zero-order valence-corrected chi connectivity index (χ0v) is 13.2. The largest absolute Gasteiger partial charge is 0.355 e. The van der Waals surface area contributed by atoms with Gasteiger partial charge in [0.1, 0.15) is 0 Å². The van der Waals surface area contributed by atoms with Gasteiger partial charge in [-0.1, -0.05) is 49.6 Å². The molecule has 1 rings (SSSR count). The summed E-state index contributed by atoms with van der Waals surface area (Å²) in [6, 6.07) is 8.42. The van der Waals surface area contributed by atoms with Crippen molar-refractivity contribution in [1.29, 1.82) is 0 Å². The molecule has 0 aromatic heterocycles. The van der Waals surface area contributed by atoms with Crippen LogP contribution < -0.4 is 10.6 Å². The van der Waals surface area contributed by atoms with Crippen molar-refractivity contribution >= 4 is 5.91 Å². The minimum Gasteiger partial charge on any atom is -0.355 e. The molecule has 0 fully saturated rings. The van der Waals surface area contributed by atoms with Crippen LogP contribution in [0.25, 0.3) is 0 Å². The average Bonchev–Trinajstić information content (AvgIpc) is 2.44. The molecule has 0 aliphatic heterocycles. The maximum atomic E-state index is 12.0. The zero-order valence-electron chi connectivity index (χ0n) is 13.2. The maximum absolute atomic E-state index is 12.0. The molecule has 0 saturated heterocycles. The van der Waals surface area contributed by atoms with E-state index in [9.17, 15) is 4.79 Å². The lowest BCUT2D eigenvalue weighted by molar-refractivity contribution is -0.122. The van der Waals surface area contributed by atoms with Crippen molar-refractivity contribution in [3.63, 3.8) is 0 Å². The van der Waals surface area contributed by atoms with E-state index < -0.39 is 0 Å². The molecule has 0 aliphatic rings. The number of amides is 1. The van der Waals surface area contributed by atoms with Crippen molar-refractivity contribution in [2.24, 2.45) is 0 Å². The van der Waals surface area contributed by atoms with Gasteiger partial charge in [0.15, 0.2) is 0 Å². The molecule has 1 aromatic rings. The van der Waals surface area contributed by atoms with E-state index >= 15 is 0 Å². The summed E-state index contributed by atoms with van der Waals surface area (Å²) in [5, 5.41) is 6.33. The Hall–Kier alpha value is -1.35. The first-order chi connectivity index (χ1) is 9.54. The Kier molecular flexibility index (Phi) is 7.31. The standard InChI is InChI=1S/C17H28N2O/c1-5-6-7-12-18-17(20)15(4)19-14(3)16-10-8-13(2)9-11-16/h8-11,14-15,19H,5-7,12H2,1-4H3,(H,18,20). The first kappa shape index (κ1) is 16.7. The average molecular weight is 276 g/mol. The zero-order chi connectivity index (χ0) is 15.0. The Morgan fingerprint density at radius 3 is 2.40 bits per heavy atom. The fraction of sp³-hybridized carbons (Fsp3) is 0.588. The number of hydrogen-bond donors (Lipinski definition) is 2. The van der Waals surface area contributed by atoms with E-state index in [2.05, 4.69) is 55.7 Å². The minimum atomic E-state index is -0.173. The highest BCUT2D eigenvalue weighted by Gasteiger charge is 2.15. The third kappa shape index (κ3) is 5.74. The summed E-state index contributed by atoms with van der Waals surface area (Å²) in [5.74, 6) is 0.0834. The first-order valence-electron chi connectivity index (χ1n) is 7.65. The highest BCUT2D eigenvalue weighted by Crippen LogP contribution is 2.13. The van der Waals surface area contributed by atoms with Gasteiger partial charge in [0, 0.05) is 12.6 Å². The Bertz CT molecular complexity index is 400. The smallest absolute Gasteiger partial charge is 0.236 e. The number of hydrogen-bond acceptors (Lipinski definition) is 2. The van der Waals surface area contributed by atoms with Crippen molar-refractivity contribution < 1.29 is 4.79 Å². The predicted octanol–water partition coefficient (Wildman–Crippen LogP) is 3.34. The van der Waals surface area contributed by atoms with Gasteiger partial charge in [-0.2, -0.15) is 0 Å². The third-order valence-corrected chi connectivity index (χ3v) is 3.55. The summed E-state index contributed by atoms with van der Waals surface area (Å²) in [7, 11) is 0. The van der Waals surface area contributed by atoms with E-state index in [1.807, 2.05) is 6.92 Å². The summed E-state index contributed by atoms with van der Waals surface area (Å²) in [6.07, 6.45) is 3.40. The van der Waals surface area contributed by atoms with E-state index in [0.29, 0.717) is 0 Å². The molecule has 2 atom stereocenters. The summed E-state index contributed by atoms with van der Waals surface area (Å²) in [5.41, 5.74) is 2.46. The number of benzene rings is 1. The second-order valence-corrected chi connectivity index (χ2v) is 5.52. The molecule has 0 saturated carbocycles. The van der Waals surface area contributed by atoms with E-state index in [1.54, 1.807) is 0 Å². The fourth-order valence-corrected chi connectivity index (χ4v) is 2.14. The molecule has 0 heterocycles. The molecule has 3 heteroatoms. The highest BCUT2D eigenvalue weighted by atomic mass is 16.2. The van der Waals surface area contributed by atoms with Gasteiger partial charge in [-0.25, -0.2) is 0 Å². The van der Waals surface area contributed by atoms with Crippen molar-refractivity contribution in [3.05, 3.63) is 35.4 Å². The van der Waals surface area contributed by atoms with Crippen LogP contribution in [-0.2, 0) is 4.79 Å². The van der Waals surface area contributed by atoms with Crippen molar-refractivity contribution in [2.75, 3.05) is 6.54 Å². The van der Waals surface area contributed by atoms with Gasteiger partial charge < -0.3 is 5.32 Å². The lowest BCUT2D eigenvalue weighted by atomic mass is 10.1. The predicted molar refractivity (Wildman–Crippen MR) is 84.7 cm³/mol. The second-order valence-electron chi connectivity index (χ2n) is 5.52. The number of unbranched alkanes of at least 4 members (excludes halogenated alkanes) is 2. The second kappa shape index (κ2) is 8.75. The number of aryl methyl sites for hydroxylation is 1. The quantitative estimate of drug-likeness (QED) is 0.715. The number of nitrogens with one attached hydrogen (secondary N) is 2. The molecule has 0 aliphatic carbocycles. The Labute approximate surface area is 123 Å². The molecule has 0 spiro atoms. The lowest BCUT2D eigenvalue weighted by Gasteiger charge is -2.20. The maximum Gasteiger partial charge on any atom is 0.236 e. The van der Waals surface area contributed by atoms with Gasteiger partial charge >= 0.3 is 0 Å². The molecule has 2 N–H and O–H groups in total. The molecule has 2 unspecified atom stereocenters. The van der Waals surface area contributed by atoms with Gasteiger partial charge in [0.25, 0.3) is 0 Å². The van der Waals surface area contributed by atoms with Crippen LogP contribution in [0.3, 0.4) is 0 Å². The van der Waals surface area contributed by atoms with Gasteiger partial charge in [-0.3, -0.25) is 10.1 Å². The molecule has 0 bridgehead atoms. The van der Waals surface area contributed by atoms with Crippen LogP contribution in [0.4, 0.5) is 0 Å². The Balaban J connectivity index is 2.38. The van der Waals surface area contributed by atoms with Crippen LogP contribution >= 0.6 is 0 Å². The van der Waals surface area contributed by atoms with Gasteiger partial charge in [-0.15, -0.1) is 0 Å². The van der Waals surface area contributed by atoms with E-state index in [-0.39, 0.29) is 18.0 Å². The minimum absolute atomic E-state index is 0.0834. The van der Waals surface area contributed by atoms with Crippen LogP contribution in [0.15, 0.2) is 24.3 Å². The SMILES string of the molecule is CCCCCNC(=O)C(C)NC(C)c1ccc(C)cc1. The van der Waals surface area contributed by atoms with Crippen LogP contribution in [0.2, 0.25) is 0 Å². The lowest BCUT2D eigenvalue weighted by Crippen LogP contribution is -2.43. The molecule has 1 amide bonds. The number of carbonyl (C=O) groups excluding carboxylic acids is 1. The van der Waals surface area contributed by atoms with Gasteiger partial charge in [-0.05, 0) is 32.8 Å². The molecular formula is C17H28N2O. The normalized spacial score (nSPS) is 13.8. The summed E-state index contributed by atoms with van der Waals surface area (Å²) in [6.45, 7) is 9.02. The molecule has 0 radical (unpaired) electrons. The topological polar surface area (TPSA) is 41.1 Å². The van der Waals surface area contributed by atoms with E-state index in [1.165, 1.54) is 24.0 Å². The van der Waals surface area contributed by atoms with Crippen molar-refractivity contribution in [1.82, 2.24) is 10.6 Å². The molecule has 112 valence electrons. The van der Waals surface area contributed by atoms with Gasteiger partial charge in [0.05, 0.1) is 6.04 Å². The summed E-state index contributed by atoms with van der Waals surface area (Å²) < 4.78 is 0.